The van der Waals surface area contributed by atoms with E-state index in [9.17, 15) is 0 Å². The number of aryl methyl sites for hydroxylation is 1. The molecule has 1 aromatic carbocycles. The second kappa shape index (κ2) is 6.44. The van der Waals surface area contributed by atoms with Gasteiger partial charge in [0, 0.05) is 30.5 Å². The van der Waals surface area contributed by atoms with Gasteiger partial charge in [-0.15, -0.1) is 0 Å². The maximum Gasteiger partial charge on any atom is 0.137 e. The van der Waals surface area contributed by atoms with E-state index in [4.69, 9.17) is 4.98 Å². The number of benzene rings is 1. The Hall–Kier alpha value is -2.33. The van der Waals surface area contributed by atoms with Gasteiger partial charge in [-0.1, -0.05) is 12.5 Å². The van der Waals surface area contributed by atoms with Crippen molar-refractivity contribution in [2.45, 2.75) is 39.2 Å². The molecular weight excluding hydrogens is 320 g/mol. The molecule has 0 spiro atoms. The van der Waals surface area contributed by atoms with Gasteiger partial charge in [0.2, 0.25) is 0 Å². The Labute approximate surface area is 154 Å². The highest BCUT2D eigenvalue weighted by Gasteiger charge is 2.20. The van der Waals surface area contributed by atoms with Crippen LogP contribution in [-0.2, 0) is 13.0 Å². The second-order valence-electron chi connectivity index (χ2n) is 7.72. The largest absolute Gasteiger partial charge is 0.384 e. The Morgan fingerprint density at radius 1 is 1.08 bits per heavy atom. The van der Waals surface area contributed by atoms with Gasteiger partial charge in [-0.2, -0.15) is 0 Å². The zero-order valence-electron chi connectivity index (χ0n) is 15.5. The lowest BCUT2D eigenvalue weighted by molar-refractivity contribution is 0.218. The monoisotopic (exact) mass is 346 g/mol. The molecule has 1 fully saturated rings. The average molecular weight is 346 g/mol. The fourth-order valence-corrected chi connectivity index (χ4v) is 4.36. The van der Waals surface area contributed by atoms with Crippen LogP contribution in [0.25, 0.3) is 16.9 Å². The molecule has 0 saturated carbocycles. The highest BCUT2D eigenvalue weighted by atomic mass is 15.2. The van der Waals surface area contributed by atoms with Gasteiger partial charge in [0.25, 0.3) is 0 Å². The summed E-state index contributed by atoms with van der Waals surface area (Å²) in [5.41, 5.74) is 8.75. The molecule has 4 heterocycles. The van der Waals surface area contributed by atoms with Gasteiger partial charge in [-0.05, 0) is 74.7 Å². The molecule has 2 aliphatic heterocycles. The van der Waals surface area contributed by atoms with Crippen molar-refractivity contribution in [3.63, 3.8) is 0 Å². The molecule has 0 atom stereocenters. The fraction of sp³-hybridized carbons (Fsp3) is 0.409. The third-order valence-corrected chi connectivity index (χ3v) is 5.79. The van der Waals surface area contributed by atoms with Gasteiger partial charge in [-0.25, -0.2) is 4.98 Å². The predicted octanol–water partition coefficient (Wildman–Crippen LogP) is 4.26. The number of hydrogen-bond acceptors (Lipinski definition) is 3. The van der Waals surface area contributed by atoms with E-state index in [0.717, 1.165) is 30.9 Å². The Balaban J connectivity index is 1.62. The number of imidazole rings is 1. The Morgan fingerprint density at radius 3 is 2.85 bits per heavy atom. The molecule has 0 aliphatic carbocycles. The van der Waals surface area contributed by atoms with Gasteiger partial charge >= 0.3 is 0 Å². The zero-order valence-corrected chi connectivity index (χ0v) is 15.5. The molecule has 4 nitrogen and oxygen atoms in total. The maximum atomic E-state index is 5.05. The molecule has 1 N–H and O–H groups in total. The minimum absolute atomic E-state index is 0.981. The Bertz CT molecular complexity index is 950. The topological polar surface area (TPSA) is 32.6 Å². The van der Waals surface area contributed by atoms with Crippen LogP contribution in [0.1, 0.15) is 36.1 Å². The van der Waals surface area contributed by atoms with E-state index < -0.39 is 0 Å². The molecule has 3 aromatic rings. The molecule has 2 aliphatic rings. The van der Waals surface area contributed by atoms with E-state index in [-0.39, 0.29) is 0 Å². The minimum atomic E-state index is 0.981. The number of piperidine rings is 1. The number of anilines is 1. The van der Waals surface area contributed by atoms with Crippen LogP contribution in [-0.4, -0.2) is 33.9 Å². The number of likely N-dealkylation sites (tertiary alicyclic amines) is 1. The summed E-state index contributed by atoms with van der Waals surface area (Å²) >= 11 is 0. The first kappa shape index (κ1) is 15.9. The number of nitrogens with one attached hydrogen (secondary N) is 1. The molecule has 2 aromatic heterocycles. The number of hydrogen-bond donors (Lipinski definition) is 1. The van der Waals surface area contributed by atoms with Crippen LogP contribution >= 0.6 is 0 Å². The smallest absolute Gasteiger partial charge is 0.137 e. The number of pyridine rings is 1. The van der Waals surface area contributed by atoms with Crippen molar-refractivity contribution in [2.24, 2.45) is 0 Å². The number of nitrogens with zero attached hydrogens (tertiary/aromatic N) is 3. The van der Waals surface area contributed by atoms with Gasteiger partial charge in [0.05, 0.1) is 11.4 Å². The van der Waals surface area contributed by atoms with E-state index in [1.54, 1.807) is 0 Å². The molecule has 5 rings (SSSR count). The highest BCUT2D eigenvalue weighted by molar-refractivity contribution is 5.71. The molecular formula is C22H26N4. The SMILES string of the molecule is Cc1ccn2c(CN3CCCCC3)c(-c3ccc4c(c3)CCN4)nc2c1. The fourth-order valence-electron chi connectivity index (χ4n) is 4.36. The lowest BCUT2D eigenvalue weighted by Gasteiger charge is -2.26. The summed E-state index contributed by atoms with van der Waals surface area (Å²) in [5, 5.41) is 3.46. The van der Waals surface area contributed by atoms with Crippen LogP contribution in [0.4, 0.5) is 5.69 Å². The number of fused-ring (bicyclic) bond motifs is 2. The van der Waals surface area contributed by atoms with Crippen LogP contribution in [0, 0.1) is 6.92 Å². The summed E-state index contributed by atoms with van der Waals surface area (Å²) in [6, 6.07) is 11.2. The molecule has 134 valence electrons. The molecule has 4 heteroatoms. The molecule has 0 bridgehead atoms. The number of rotatable bonds is 3. The van der Waals surface area contributed by atoms with E-state index in [1.165, 1.54) is 60.4 Å². The van der Waals surface area contributed by atoms with Crippen LogP contribution in [0.3, 0.4) is 0 Å². The van der Waals surface area contributed by atoms with Crippen molar-refractivity contribution in [3.8, 4) is 11.3 Å². The van der Waals surface area contributed by atoms with Crippen LogP contribution in [0.2, 0.25) is 0 Å². The lowest BCUT2D eigenvalue weighted by atomic mass is 10.0. The van der Waals surface area contributed by atoms with Gasteiger partial charge in [-0.3, -0.25) is 4.90 Å². The van der Waals surface area contributed by atoms with E-state index >= 15 is 0 Å². The van der Waals surface area contributed by atoms with Crippen molar-refractivity contribution in [1.82, 2.24) is 14.3 Å². The maximum absolute atomic E-state index is 5.05. The first-order chi connectivity index (χ1) is 12.8. The highest BCUT2D eigenvalue weighted by Crippen LogP contribution is 2.31. The van der Waals surface area contributed by atoms with Gasteiger partial charge in [0.15, 0.2) is 0 Å². The van der Waals surface area contributed by atoms with E-state index in [2.05, 4.69) is 58.1 Å². The summed E-state index contributed by atoms with van der Waals surface area (Å²) in [6.45, 7) is 6.57. The van der Waals surface area contributed by atoms with Crippen LogP contribution in [0.15, 0.2) is 36.5 Å². The summed E-state index contributed by atoms with van der Waals surface area (Å²) < 4.78 is 2.29. The molecule has 0 radical (unpaired) electrons. The quantitative estimate of drug-likeness (QED) is 0.769. The zero-order chi connectivity index (χ0) is 17.5. The van der Waals surface area contributed by atoms with Crippen molar-refractivity contribution in [3.05, 3.63) is 53.3 Å². The Kier molecular flexibility index (Phi) is 3.93. The minimum Gasteiger partial charge on any atom is -0.384 e. The third-order valence-electron chi connectivity index (χ3n) is 5.79. The van der Waals surface area contributed by atoms with E-state index in [1.807, 2.05) is 0 Å². The van der Waals surface area contributed by atoms with E-state index in [0.29, 0.717) is 0 Å². The first-order valence-electron chi connectivity index (χ1n) is 9.85. The third kappa shape index (κ3) is 2.78. The average Bonchev–Trinajstić information content (AvgIpc) is 3.26. The molecule has 26 heavy (non-hydrogen) atoms. The first-order valence-corrected chi connectivity index (χ1v) is 9.85. The summed E-state index contributed by atoms with van der Waals surface area (Å²) in [5.74, 6) is 0. The summed E-state index contributed by atoms with van der Waals surface area (Å²) in [6.07, 6.45) is 7.30. The molecule has 0 unspecified atom stereocenters. The summed E-state index contributed by atoms with van der Waals surface area (Å²) in [7, 11) is 0. The van der Waals surface area contributed by atoms with Crippen LogP contribution < -0.4 is 5.32 Å². The van der Waals surface area contributed by atoms with Crippen LogP contribution in [0.5, 0.6) is 0 Å². The molecule has 0 amide bonds. The molecule has 1 saturated heterocycles. The normalized spacial score (nSPS) is 17.4. The van der Waals surface area contributed by atoms with Crippen molar-refractivity contribution < 1.29 is 0 Å². The van der Waals surface area contributed by atoms with Crippen molar-refractivity contribution in [2.75, 3.05) is 25.0 Å². The lowest BCUT2D eigenvalue weighted by Crippen LogP contribution is -2.29. The Morgan fingerprint density at radius 2 is 1.96 bits per heavy atom. The van der Waals surface area contributed by atoms with Gasteiger partial charge in [0.1, 0.15) is 5.65 Å². The van der Waals surface area contributed by atoms with Gasteiger partial charge < -0.3 is 9.72 Å². The number of aromatic nitrogens is 2. The predicted molar refractivity (Wildman–Crippen MR) is 107 cm³/mol. The second-order valence-corrected chi connectivity index (χ2v) is 7.72. The van der Waals surface area contributed by atoms with Crippen molar-refractivity contribution in [1.29, 1.82) is 0 Å². The summed E-state index contributed by atoms with van der Waals surface area (Å²) in [4.78, 5) is 7.64. The van der Waals surface area contributed by atoms with Crippen molar-refractivity contribution >= 4 is 11.3 Å². The standard InChI is InChI=1S/C22H26N4/c1-16-8-12-26-20(15-25-10-3-2-4-11-25)22(24-21(26)13-16)18-5-6-19-17(14-18)7-9-23-19/h5-6,8,12-14,23H,2-4,7,9-11,15H2,1H3.